The molecule has 3 fully saturated rings. The maximum absolute atomic E-state index is 14.5. The summed E-state index contributed by atoms with van der Waals surface area (Å²) in [7, 11) is 5.10. The maximum atomic E-state index is 14.5. The fraction of sp³-hybridized carbons (Fsp3) is 0.259. The topological polar surface area (TPSA) is 135 Å². The lowest BCUT2D eigenvalue weighted by Gasteiger charge is -2.66. The Morgan fingerprint density at radius 3 is 1.72 bits per heavy atom. The van der Waals surface area contributed by atoms with E-state index in [1.54, 1.807) is 30.9 Å². The minimum absolute atomic E-state index is 0.0217. The average molecular weight is 652 g/mol. The number of carbonyl (C=O) groups excluding carboxylic acids is 2. The number of nitrogens with zero attached hydrogens (tertiary/aromatic N) is 3. The molecule has 1 saturated carbocycles. The highest BCUT2D eigenvalue weighted by atomic mass is 79.9. The van der Waals surface area contributed by atoms with Gasteiger partial charge in [0.2, 0.25) is 5.96 Å². The number of aromatic amines is 2. The third-order valence-corrected chi connectivity index (χ3v) is 10.0. The lowest BCUT2D eigenvalue weighted by molar-refractivity contribution is -0.162. The van der Waals surface area contributed by atoms with Gasteiger partial charge in [-0.2, -0.15) is 0 Å². The maximum Gasteiger partial charge on any atom is 0.256 e. The van der Waals surface area contributed by atoms with Crippen LogP contribution in [0.2, 0.25) is 0 Å². The summed E-state index contributed by atoms with van der Waals surface area (Å²) in [6.07, 6.45) is 3.72. The van der Waals surface area contributed by atoms with Crippen LogP contribution < -0.4 is 5.32 Å². The SMILES string of the molecule is CN1C(=N)N(C)C2(C1=O)[C@H](c1c[nH]c3cc(Br)ccc13)C1(C(=O)NC(=N)N1C)[C@@H]2c1c[nH]c2cc(Br)ccc12. The fourth-order valence-electron chi connectivity index (χ4n) is 7.40. The van der Waals surface area contributed by atoms with E-state index < -0.39 is 22.9 Å². The lowest BCUT2D eigenvalue weighted by Crippen LogP contribution is -2.82. The van der Waals surface area contributed by atoms with Gasteiger partial charge in [-0.1, -0.05) is 44.0 Å². The molecule has 2 saturated heterocycles. The van der Waals surface area contributed by atoms with Gasteiger partial charge < -0.3 is 19.8 Å². The first-order valence-electron chi connectivity index (χ1n) is 12.3. The van der Waals surface area contributed by atoms with Crippen molar-refractivity contribution in [1.29, 1.82) is 10.8 Å². The number of carbonyl (C=O) groups is 2. The predicted molar refractivity (Wildman–Crippen MR) is 155 cm³/mol. The quantitative estimate of drug-likeness (QED) is 0.225. The fourth-order valence-corrected chi connectivity index (χ4v) is 8.12. The Labute approximate surface area is 240 Å². The summed E-state index contributed by atoms with van der Waals surface area (Å²) >= 11 is 7.06. The normalized spacial score (nSPS) is 28.6. The zero-order valence-corrected chi connectivity index (χ0v) is 24.4. The van der Waals surface area contributed by atoms with E-state index in [-0.39, 0.29) is 23.7 Å². The first-order chi connectivity index (χ1) is 18.6. The molecular weight excluding hydrogens is 628 g/mol. The Morgan fingerprint density at radius 1 is 0.795 bits per heavy atom. The van der Waals surface area contributed by atoms with Crippen LogP contribution in [0, 0.1) is 10.8 Å². The number of aromatic nitrogens is 2. The molecule has 39 heavy (non-hydrogen) atoms. The monoisotopic (exact) mass is 650 g/mol. The second kappa shape index (κ2) is 7.72. The summed E-state index contributed by atoms with van der Waals surface area (Å²) in [6.45, 7) is 0. The first-order valence-corrected chi connectivity index (χ1v) is 13.9. The molecule has 4 heterocycles. The van der Waals surface area contributed by atoms with E-state index in [0.717, 1.165) is 41.9 Å². The lowest BCUT2D eigenvalue weighted by atomic mass is 9.42. The summed E-state index contributed by atoms with van der Waals surface area (Å²) in [5.41, 5.74) is 0.687. The molecule has 2 aromatic heterocycles. The Balaban J connectivity index is 1.60. The van der Waals surface area contributed by atoms with Gasteiger partial charge in [-0.3, -0.25) is 30.6 Å². The molecule has 12 heteroatoms. The highest BCUT2D eigenvalue weighted by Crippen LogP contribution is 2.70. The molecule has 2 aliphatic heterocycles. The van der Waals surface area contributed by atoms with E-state index in [0.29, 0.717) is 0 Å². The number of halogens is 2. The molecule has 4 atom stereocenters. The Morgan fingerprint density at radius 2 is 1.31 bits per heavy atom. The number of nitrogens with one attached hydrogen (secondary N) is 5. The molecule has 0 bridgehead atoms. The molecule has 5 N–H and O–H groups in total. The number of hydrogen-bond acceptors (Lipinski definition) is 4. The standard InChI is InChI=1S/C27H24Br2N8O2/c1-35-23(39)27(37(3)25(35)31)20(16-10-32-18-8-12(28)4-6-14(16)18)26(22(38)34-24(30)36(26)2)21(27)17-11-33-19-9-13(29)5-7-15(17)19/h4-11,20-21,31-33H,1-3H3,(H2,30,34,38)/t20-,21+,26?,27?. The second-order valence-electron chi connectivity index (χ2n) is 10.5. The Bertz CT molecular complexity index is 1700. The minimum atomic E-state index is -1.31. The van der Waals surface area contributed by atoms with Crippen molar-refractivity contribution in [3.05, 3.63) is 68.9 Å². The number of fused-ring (bicyclic) bond motifs is 2. The number of amides is 2. The van der Waals surface area contributed by atoms with Gasteiger partial charge >= 0.3 is 0 Å². The van der Waals surface area contributed by atoms with Crippen molar-refractivity contribution >= 4 is 77.4 Å². The predicted octanol–water partition coefficient (Wildman–Crippen LogP) is 3.87. The summed E-state index contributed by atoms with van der Waals surface area (Å²) in [4.78, 5) is 40.1. The van der Waals surface area contributed by atoms with E-state index in [9.17, 15) is 9.59 Å². The van der Waals surface area contributed by atoms with Crippen LogP contribution in [0.5, 0.6) is 0 Å². The van der Waals surface area contributed by atoms with Crippen LogP contribution in [0.3, 0.4) is 0 Å². The number of benzene rings is 2. The highest BCUT2D eigenvalue weighted by Gasteiger charge is 2.85. The van der Waals surface area contributed by atoms with Gasteiger partial charge in [-0.25, -0.2) is 0 Å². The van der Waals surface area contributed by atoms with Crippen LogP contribution in [0.25, 0.3) is 21.8 Å². The van der Waals surface area contributed by atoms with Gasteiger partial charge in [0.1, 0.15) is 11.1 Å². The third-order valence-electron chi connectivity index (χ3n) is 9.06. The Kier molecular flexibility index (Phi) is 4.83. The number of hydrogen-bond donors (Lipinski definition) is 5. The van der Waals surface area contributed by atoms with Crippen molar-refractivity contribution in [3.63, 3.8) is 0 Å². The van der Waals surface area contributed by atoms with Crippen molar-refractivity contribution in [3.8, 4) is 0 Å². The van der Waals surface area contributed by atoms with Gasteiger partial charge in [0.05, 0.1) is 11.8 Å². The van der Waals surface area contributed by atoms with E-state index in [4.69, 9.17) is 10.8 Å². The van der Waals surface area contributed by atoms with Crippen LogP contribution in [0.15, 0.2) is 57.7 Å². The zero-order valence-electron chi connectivity index (χ0n) is 21.2. The Hall–Kier alpha value is -3.64. The molecule has 10 nitrogen and oxygen atoms in total. The van der Waals surface area contributed by atoms with Crippen LogP contribution in [0.1, 0.15) is 23.0 Å². The number of likely N-dealkylation sites (N-methyl/N-ethyl adjacent to an activating group) is 3. The van der Waals surface area contributed by atoms with Crippen molar-refractivity contribution in [2.24, 2.45) is 0 Å². The van der Waals surface area contributed by atoms with Gasteiger partial charge in [-0.05, 0) is 35.4 Å². The summed E-state index contributed by atoms with van der Waals surface area (Å²) in [5, 5.41) is 22.0. The largest absolute Gasteiger partial charge is 0.361 e. The molecule has 1 aliphatic carbocycles. The van der Waals surface area contributed by atoms with E-state index in [2.05, 4.69) is 47.1 Å². The van der Waals surface area contributed by atoms with E-state index in [1.165, 1.54) is 4.90 Å². The number of guanidine groups is 2. The van der Waals surface area contributed by atoms with Crippen molar-refractivity contribution in [2.45, 2.75) is 22.9 Å². The van der Waals surface area contributed by atoms with Crippen LogP contribution in [-0.4, -0.2) is 80.6 Å². The summed E-state index contributed by atoms with van der Waals surface area (Å²) in [5.74, 6) is -1.97. The van der Waals surface area contributed by atoms with Gasteiger partial charge in [-0.15, -0.1) is 0 Å². The van der Waals surface area contributed by atoms with E-state index in [1.807, 2.05) is 48.8 Å². The summed E-state index contributed by atoms with van der Waals surface area (Å²) in [6, 6.07) is 11.7. The molecule has 3 aliphatic rings. The molecular formula is C27H24Br2N8O2. The molecule has 198 valence electrons. The summed E-state index contributed by atoms with van der Waals surface area (Å²) < 4.78 is 1.80. The molecule has 2 aromatic carbocycles. The first kappa shape index (κ1) is 24.4. The van der Waals surface area contributed by atoms with Crippen LogP contribution in [0.4, 0.5) is 0 Å². The molecule has 2 amide bonds. The number of H-pyrrole nitrogens is 2. The molecule has 2 unspecified atom stereocenters. The third kappa shape index (κ3) is 2.66. The van der Waals surface area contributed by atoms with Crippen molar-refractivity contribution in [2.75, 3.05) is 21.1 Å². The average Bonchev–Trinajstić information content (AvgIpc) is 3.59. The molecule has 2 spiro atoms. The smallest absolute Gasteiger partial charge is 0.256 e. The van der Waals surface area contributed by atoms with Gasteiger partial charge in [0.15, 0.2) is 5.96 Å². The van der Waals surface area contributed by atoms with Crippen LogP contribution in [-0.2, 0) is 9.59 Å². The molecule has 0 radical (unpaired) electrons. The van der Waals surface area contributed by atoms with Crippen LogP contribution >= 0.6 is 31.9 Å². The van der Waals surface area contributed by atoms with Gasteiger partial charge in [0, 0.05) is 64.3 Å². The molecule has 4 aromatic rings. The van der Waals surface area contributed by atoms with Crippen molar-refractivity contribution in [1.82, 2.24) is 30.0 Å². The van der Waals surface area contributed by atoms with Gasteiger partial charge in [0.25, 0.3) is 11.8 Å². The van der Waals surface area contributed by atoms with E-state index >= 15 is 0 Å². The zero-order chi connectivity index (χ0) is 27.6. The molecule has 7 rings (SSSR count). The highest BCUT2D eigenvalue weighted by molar-refractivity contribution is 9.10. The van der Waals surface area contributed by atoms with Crippen molar-refractivity contribution < 1.29 is 9.59 Å². The number of rotatable bonds is 2. The minimum Gasteiger partial charge on any atom is -0.361 e. The second-order valence-corrected chi connectivity index (χ2v) is 12.3.